The lowest BCUT2D eigenvalue weighted by atomic mass is 9.86. The number of carbonyl (C=O) groups excluding carboxylic acids is 1. The first-order valence-electron chi connectivity index (χ1n) is 7.16. The van der Waals surface area contributed by atoms with E-state index >= 15 is 0 Å². The summed E-state index contributed by atoms with van der Waals surface area (Å²) in [6, 6.07) is 0. The maximum absolute atomic E-state index is 13.1. The predicted molar refractivity (Wildman–Crippen MR) is 79.5 cm³/mol. The predicted octanol–water partition coefficient (Wildman–Crippen LogP) is 2.39. The van der Waals surface area contributed by atoms with Gasteiger partial charge in [0, 0.05) is 24.4 Å². The third-order valence-electron chi connectivity index (χ3n) is 4.23. The highest BCUT2D eigenvalue weighted by Gasteiger charge is 2.64. The first-order chi connectivity index (χ1) is 11.1. The average Bonchev–Trinajstić information content (AvgIpc) is 3.06. The number of nitrogens with zero attached hydrogens (tertiary/aromatic N) is 2. The number of rotatable bonds is 5. The summed E-state index contributed by atoms with van der Waals surface area (Å²) in [6.45, 7) is 2.45. The zero-order chi connectivity index (χ0) is 18.1. The number of amides is 1. The lowest BCUT2D eigenvalue weighted by Gasteiger charge is -2.27. The molecule has 0 spiro atoms. The number of alkyl halides is 3. The van der Waals surface area contributed by atoms with Crippen molar-refractivity contribution in [3.05, 3.63) is 17.0 Å². The highest BCUT2D eigenvalue weighted by molar-refractivity contribution is 7.99. The molecule has 0 saturated carbocycles. The summed E-state index contributed by atoms with van der Waals surface area (Å²) in [5, 5.41) is 12.8. The molecule has 2 heterocycles. The van der Waals surface area contributed by atoms with Crippen LogP contribution in [-0.4, -0.2) is 52.1 Å². The van der Waals surface area contributed by atoms with Crippen molar-refractivity contribution in [1.29, 1.82) is 0 Å². The lowest BCUT2D eigenvalue weighted by Crippen LogP contribution is -2.48. The molecule has 134 valence electrons. The molecule has 1 fully saturated rings. The van der Waals surface area contributed by atoms with E-state index in [1.54, 1.807) is 13.8 Å². The van der Waals surface area contributed by atoms with Gasteiger partial charge in [-0.15, -0.1) is 11.8 Å². The highest BCUT2D eigenvalue weighted by atomic mass is 32.2. The molecule has 0 aromatic carbocycles. The van der Waals surface area contributed by atoms with Gasteiger partial charge in [0.15, 0.2) is 5.41 Å². The maximum atomic E-state index is 13.1. The number of aryl methyl sites for hydroxylation is 2. The molecule has 6 nitrogen and oxygen atoms in total. The smallest absolute Gasteiger partial charge is 0.406 e. The summed E-state index contributed by atoms with van der Waals surface area (Å²) in [4.78, 5) is 24.2. The van der Waals surface area contributed by atoms with Crippen molar-refractivity contribution in [2.24, 2.45) is 5.41 Å². The minimum absolute atomic E-state index is 0.0301. The van der Waals surface area contributed by atoms with Gasteiger partial charge in [-0.3, -0.25) is 9.59 Å². The molecule has 2 rings (SSSR count). The third kappa shape index (κ3) is 3.38. The number of carboxylic acids is 1. The average molecular weight is 366 g/mol. The van der Waals surface area contributed by atoms with Crippen LogP contribution in [0.4, 0.5) is 13.2 Å². The van der Waals surface area contributed by atoms with E-state index in [0.29, 0.717) is 17.2 Å². The molecule has 10 heteroatoms. The molecule has 1 atom stereocenters. The molecule has 0 aliphatic carbocycles. The van der Waals surface area contributed by atoms with Crippen LogP contribution >= 0.6 is 11.8 Å². The second-order valence-corrected chi connectivity index (χ2v) is 6.73. The Labute approximate surface area is 140 Å². The summed E-state index contributed by atoms with van der Waals surface area (Å²) < 4.78 is 44.3. The van der Waals surface area contributed by atoms with Crippen molar-refractivity contribution >= 4 is 23.6 Å². The number of thioether (sulfide) groups is 1. The number of aromatic nitrogens is 1. The second kappa shape index (κ2) is 6.66. The Balaban J connectivity index is 1.94. The third-order valence-corrected chi connectivity index (χ3v) is 5.17. The van der Waals surface area contributed by atoms with Crippen molar-refractivity contribution in [3.8, 4) is 0 Å². The van der Waals surface area contributed by atoms with Gasteiger partial charge in [0.1, 0.15) is 5.76 Å². The molecule has 1 N–H and O–H groups in total. The van der Waals surface area contributed by atoms with Gasteiger partial charge in [0.05, 0.1) is 11.4 Å². The Bertz CT molecular complexity index is 627. The van der Waals surface area contributed by atoms with Crippen LogP contribution in [0.15, 0.2) is 4.52 Å². The number of carbonyl (C=O) groups is 2. The summed E-state index contributed by atoms with van der Waals surface area (Å²) in [5.41, 5.74) is -1.31. The van der Waals surface area contributed by atoms with E-state index in [-0.39, 0.29) is 12.3 Å². The standard InChI is InChI=1S/C14H17F3N2O4S/c1-8-10(9(2)23-18-8)5-24-6-11(20)19-4-3-13(7-19,12(21)22)14(15,16)17/h3-7H2,1-2H3,(H,21,22). The molecule has 0 bridgehead atoms. The van der Waals surface area contributed by atoms with Gasteiger partial charge in [-0.25, -0.2) is 0 Å². The Hall–Kier alpha value is -1.71. The molecule has 1 unspecified atom stereocenters. The first-order valence-corrected chi connectivity index (χ1v) is 8.31. The summed E-state index contributed by atoms with van der Waals surface area (Å²) >= 11 is 1.23. The van der Waals surface area contributed by atoms with E-state index in [2.05, 4.69) is 5.16 Å². The topological polar surface area (TPSA) is 83.6 Å². The Morgan fingerprint density at radius 2 is 2.08 bits per heavy atom. The molecule has 24 heavy (non-hydrogen) atoms. The van der Waals surface area contributed by atoms with Gasteiger partial charge >= 0.3 is 12.1 Å². The number of carboxylic acid groups (broad SMARTS) is 1. The van der Waals surface area contributed by atoms with Crippen LogP contribution < -0.4 is 0 Å². The second-order valence-electron chi connectivity index (χ2n) is 5.75. The zero-order valence-corrected chi connectivity index (χ0v) is 14.0. The van der Waals surface area contributed by atoms with E-state index in [1.165, 1.54) is 11.8 Å². The van der Waals surface area contributed by atoms with Gasteiger partial charge in [-0.1, -0.05) is 5.16 Å². The van der Waals surface area contributed by atoms with Gasteiger partial charge in [0.2, 0.25) is 5.91 Å². The molecular weight excluding hydrogens is 349 g/mol. The van der Waals surface area contributed by atoms with Crippen LogP contribution in [0, 0.1) is 19.3 Å². The van der Waals surface area contributed by atoms with Crippen LogP contribution in [0.2, 0.25) is 0 Å². The van der Waals surface area contributed by atoms with E-state index in [4.69, 9.17) is 9.63 Å². The fraction of sp³-hybridized carbons (Fsp3) is 0.643. The SMILES string of the molecule is Cc1noc(C)c1CSCC(=O)N1CCC(C(=O)O)(C(F)(F)F)C1. The molecule has 1 saturated heterocycles. The Kier molecular flexibility index (Phi) is 5.17. The largest absolute Gasteiger partial charge is 0.481 e. The van der Waals surface area contributed by atoms with Crippen LogP contribution in [0.1, 0.15) is 23.4 Å². The molecule has 1 amide bonds. The maximum Gasteiger partial charge on any atom is 0.406 e. The zero-order valence-electron chi connectivity index (χ0n) is 13.1. The summed E-state index contributed by atoms with van der Waals surface area (Å²) in [7, 11) is 0. The van der Waals surface area contributed by atoms with Gasteiger partial charge < -0.3 is 14.5 Å². The number of halogens is 3. The summed E-state index contributed by atoms with van der Waals surface area (Å²) in [6.07, 6.45) is -5.51. The summed E-state index contributed by atoms with van der Waals surface area (Å²) in [5.74, 6) is -1.38. The van der Waals surface area contributed by atoms with Crippen molar-refractivity contribution in [3.63, 3.8) is 0 Å². The minimum atomic E-state index is -4.89. The van der Waals surface area contributed by atoms with E-state index in [9.17, 15) is 22.8 Å². The molecular formula is C14H17F3N2O4S. The number of hydrogen-bond donors (Lipinski definition) is 1. The molecule has 1 aromatic heterocycles. The minimum Gasteiger partial charge on any atom is -0.481 e. The van der Waals surface area contributed by atoms with Crippen LogP contribution in [0.5, 0.6) is 0 Å². The Morgan fingerprint density at radius 3 is 2.54 bits per heavy atom. The highest BCUT2D eigenvalue weighted by Crippen LogP contribution is 2.45. The van der Waals surface area contributed by atoms with Crippen LogP contribution in [0.3, 0.4) is 0 Å². The fourth-order valence-corrected chi connectivity index (χ4v) is 3.66. The number of hydrogen-bond acceptors (Lipinski definition) is 5. The number of likely N-dealkylation sites (tertiary alicyclic amines) is 1. The normalized spacial score (nSPS) is 21.3. The van der Waals surface area contributed by atoms with Crippen molar-refractivity contribution < 1.29 is 32.4 Å². The van der Waals surface area contributed by atoms with Gasteiger partial charge in [-0.2, -0.15) is 13.2 Å². The van der Waals surface area contributed by atoms with Crippen molar-refractivity contribution in [2.75, 3.05) is 18.8 Å². The van der Waals surface area contributed by atoms with E-state index in [1.807, 2.05) is 0 Å². The Morgan fingerprint density at radius 1 is 1.42 bits per heavy atom. The molecule has 1 aliphatic rings. The van der Waals surface area contributed by atoms with Crippen molar-refractivity contribution in [1.82, 2.24) is 10.1 Å². The van der Waals surface area contributed by atoms with Crippen LogP contribution in [-0.2, 0) is 15.3 Å². The van der Waals surface area contributed by atoms with Gasteiger partial charge in [-0.05, 0) is 20.3 Å². The lowest BCUT2D eigenvalue weighted by molar-refractivity contribution is -0.227. The quantitative estimate of drug-likeness (QED) is 0.862. The first kappa shape index (κ1) is 18.6. The monoisotopic (exact) mass is 366 g/mol. The fourth-order valence-electron chi connectivity index (χ4n) is 2.59. The number of aliphatic carboxylic acids is 1. The van der Waals surface area contributed by atoms with E-state index < -0.39 is 36.4 Å². The van der Waals surface area contributed by atoms with Crippen molar-refractivity contribution in [2.45, 2.75) is 32.2 Å². The molecule has 0 radical (unpaired) electrons. The molecule has 1 aliphatic heterocycles. The van der Waals surface area contributed by atoms with E-state index in [0.717, 1.165) is 10.5 Å². The van der Waals surface area contributed by atoms with Crippen LogP contribution in [0.25, 0.3) is 0 Å². The van der Waals surface area contributed by atoms with Gasteiger partial charge in [0.25, 0.3) is 0 Å². The molecule has 1 aromatic rings.